The summed E-state index contributed by atoms with van der Waals surface area (Å²) in [7, 11) is 0. The molecule has 0 aliphatic rings. The highest BCUT2D eigenvalue weighted by Gasteiger charge is 2.19. The molecular weight excluding hydrogens is 248 g/mol. The zero-order valence-corrected chi connectivity index (χ0v) is 14.1. The van der Waals surface area contributed by atoms with Crippen LogP contribution in [-0.4, -0.2) is 29.1 Å². The molecule has 1 rings (SSSR count). The fraction of sp³-hybridized carbons (Fsp3) is 0.750. The van der Waals surface area contributed by atoms with Crippen molar-refractivity contribution in [1.82, 2.24) is 9.97 Å². The minimum absolute atomic E-state index is 0.435. The van der Waals surface area contributed by atoms with Crippen LogP contribution in [0.3, 0.4) is 0 Å². The molecule has 0 fully saturated rings. The lowest BCUT2D eigenvalue weighted by Crippen LogP contribution is -2.36. The van der Waals surface area contributed by atoms with Crippen LogP contribution in [0.25, 0.3) is 0 Å². The summed E-state index contributed by atoms with van der Waals surface area (Å²) >= 11 is 0. The van der Waals surface area contributed by atoms with Gasteiger partial charge in [-0.05, 0) is 33.6 Å². The maximum Gasteiger partial charge on any atom is 0.137 e. The van der Waals surface area contributed by atoms with E-state index in [1.54, 1.807) is 0 Å². The SMILES string of the molecule is CCNc1nc(CC)nc(N(CC(C)C)C(C)C)c1C. The third kappa shape index (κ3) is 4.09. The molecule has 0 aliphatic heterocycles. The molecule has 4 heteroatoms. The van der Waals surface area contributed by atoms with E-state index in [-0.39, 0.29) is 0 Å². The number of anilines is 2. The molecule has 0 spiro atoms. The van der Waals surface area contributed by atoms with Crippen LogP contribution < -0.4 is 10.2 Å². The molecule has 0 saturated carbocycles. The zero-order valence-electron chi connectivity index (χ0n) is 14.1. The van der Waals surface area contributed by atoms with E-state index in [1.807, 2.05) is 0 Å². The lowest BCUT2D eigenvalue weighted by atomic mass is 10.1. The van der Waals surface area contributed by atoms with Crippen molar-refractivity contribution >= 4 is 11.6 Å². The number of aromatic nitrogens is 2. The normalized spacial score (nSPS) is 11.2. The van der Waals surface area contributed by atoms with E-state index in [0.29, 0.717) is 12.0 Å². The molecular formula is C16H30N4. The highest BCUT2D eigenvalue weighted by atomic mass is 15.2. The van der Waals surface area contributed by atoms with Crippen molar-refractivity contribution in [2.75, 3.05) is 23.3 Å². The second kappa shape index (κ2) is 7.46. The van der Waals surface area contributed by atoms with Gasteiger partial charge in [-0.3, -0.25) is 0 Å². The number of aryl methyl sites for hydroxylation is 1. The number of nitrogens with one attached hydrogen (secondary N) is 1. The number of nitrogens with zero attached hydrogens (tertiary/aromatic N) is 3. The molecule has 0 aliphatic carbocycles. The summed E-state index contributed by atoms with van der Waals surface area (Å²) in [5.74, 6) is 3.58. The zero-order chi connectivity index (χ0) is 15.3. The van der Waals surface area contributed by atoms with Gasteiger partial charge >= 0.3 is 0 Å². The van der Waals surface area contributed by atoms with Gasteiger partial charge in [-0.2, -0.15) is 0 Å². The first-order chi connectivity index (χ1) is 9.40. The van der Waals surface area contributed by atoms with Crippen molar-refractivity contribution in [3.63, 3.8) is 0 Å². The first-order valence-corrected chi connectivity index (χ1v) is 7.78. The smallest absolute Gasteiger partial charge is 0.137 e. The molecule has 1 N–H and O–H groups in total. The highest BCUT2D eigenvalue weighted by Crippen LogP contribution is 2.26. The number of rotatable bonds is 7. The molecule has 0 aromatic carbocycles. The predicted molar refractivity (Wildman–Crippen MR) is 87.6 cm³/mol. The molecule has 0 atom stereocenters. The van der Waals surface area contributed by atoms with Gasteiger partial charge < -0.3 is 10.2 Å². The summed E-state index contributed by atoms with van der Waals surface area (Å²) in [6.45, 7) is 17.2. The van der Waals surface area contributed by atoms with Crippen LogP contribution >= 0.6 is 0 Å². The average molecular weight is 278 g/mol. The Hall–Kier alpha value is -1.32. The van der Waals surface area contributed by atoms with E-state index in [0.717, 1.165) is 42.5 Å². The average Bonchev–Trinajstić information content (AvgIpc) is 2.38. The van der Waals surface area contributed by atoms with Gasteiger partial charge in [0.2, 0.25) is 0 Å². The number of hydrogen-bond donors (Lipinski definition) is 1. The molecule has 1 aromatic rings. The third-order valence-electron chi connectivity index (χ3n) is 3.28. The van der Waals surface area contributed by atoms with E-state index >= 15 is 0 Å². The lowest BCUT2D eigenvalue weighted by molar-refractivity contribution is 0.563. The van der Waals surface area contributed by atoms with Crippen molar-refractivity contribution in [3.8, 4) is 0 Å². The Kier molecular flexibility index (Phi) is 6.24. The summed E-state index contributed by atoms with van der Waals surface area (Å²) in [4.78, 5) is 11.8. The molecule has 0 unspecified atom stereocenters. The Balaban J connectivity index is 3.27. The van der Waals surface area contributed by atoms with Gasteiger partial charge in [0.1, 0.15) is 17.5 Å². The Bertz CT molecular complexity index is 427. The van der Waals surface area contributed by atoms with E-state index < -0.39 is 0 Å². The molecule has 20 heavy (non-hydrogen) atoms. The molecule has 114 valence electrons. The molecule has 0 radical (unpaired) electrons. The molecule has 0 bridgehead atoms. The van der Waals surface area contributed by atoms with E-state index in [4.69, 9.17) is 4.98 Å². The van der Waals surface area contributed by atoms with Gasteiger partial charge in [-0.15, -0.1) is 0 Å². The molecule has 4 nitrogen and oxygen atoms in total. The van der Waals surface area contributed by atoms with Gasteiger partial charge in [-0.25, -0.2) is 9.97 Å². The van der Waals surface area contributed by atoms with Crippen molar-refractivity contribution in [2.45, 2.75) is 60.9 Å². The Morgan fingerprint density at radius 2 is 1.75 bits per heavy atom. The summed E-state index contributed by atoms with van der Waals surface area (Å²) in [5, 5.41) is 3.36. The summed E-state index contributed by atoms with van der Waals surface area (Å²) in [6.07, 6.45) is 0.860. The summed E-state index contributed by atoms with van der Waals surface area (Å²) in [6, 6.07) is 0.435. The first-order valence-electron chi connectivity index (χ1n) is 7.78. The lowest BCUT2D eigenvalue weighted by Gasteiger charge is -2.31. The van der Waals surface area contributed by atoms with Gasteiger partial charge in [0, 0.05) is 31.1 Å². The van der Waals surface area contributed by atoms with Crippen molar-refractivity contribution in [1.29, 1.82) is 0 Å². The Morgan fingerprint density at radius 3 is 2.20 bits per heavy atom. The second-order valence-electron chi connectivity index (χ2n) is 5.96. The highest BCUT2D eigenvalue weighted by molar-refractivity contribution is 5.59. The van der Waals surface area contributed by atoms with E-state index in [9.17, 15) is 0 Å². The monoisotopic (exact) mass is 278 g/mol. The minimum Gasteiger partial charge on any atom is -0.370 e. The van der Waals surface area contributed by atoms with Crippen LogP contribution in [0.4, 0.5) is 11.6 Å². The summed E-state index contributed by atoms with van der Waals surface area (Å²) in [5.41, 5.74) is 1.15. The van der Waals surface area contributed by atoms with Gasteiger partial charge in [0.25, 0.3) is 0 Å². The largest absolute Gasteiger partial charge is 0.370 e. The molecule has 0 amide bonds. The van der Waals surface area contributed by atoms with Crippen molar-refractivity contribution in [2.24, 2.45) is 5.92 Å². The maximum absolute atomic E-state index is 4.78. The van der Waals surface area contributed by atoms with Crippen LogP contribution in [0.5, 0.6) is 0 Å². The Labute approximate surface area is 124 Å². The van der Waals surface area contributed by atoms with Crippen molar-refractivity contribution < 1.29 is 0 Å². The first kappa shape index (κ1) is 16.7. The van der Waals surface area contributed by atoms with Crippen LogP contribution in [0.15, 0.2) is 0 Å². The standard InChI is InChI=1S/C16H30N4/c1-8-14-18-15(17-9-2)13(7)16(19-14)20(12(5)6)10-11(3)4/h11-12H,8-10H2,1-7H3,(H,17,18,19). The van der Waals surface area contributed by atoms with Crippen LogP contribution in [0, 0.1) is 12.8 Å². The van der Waals surface area contributed by atoms with Gasteiger partial charge in [0.15, 0.2) is 0 Å². The van der Waals surface area contributed by atoms with Crippen molar-refractivity contribution in [3.05, 3.63) is 11.4 Å². The molecule has 0 saturated heterocycles. The summed E-state index contributed by atoms with van der Waals surface area (Å²) < 4.78 is 0. The quantitative estimate of drug-likeness (QED) is 0.826. The van der Waals surface area contributed by atoms with Crippen LogP contribution in [0.1, 0.15) is 52.9 Å². The molecule has 1 aromatic heterocycles. The van der Waals surface area contributed by atoms with Gasteiger partial charge in [0.05, 0.1) is 0 Å². The third-order valence-corrected chi connectivity index (χ3v) is 3.28. The van der Waals surface area contributed by atoms with Crippen LogP contribution in [0.2, 0.25) is 0 Å². The maximum atomic E-state index is 4.78. The second-order valence-corrected chi connectivity index (χ2v) is 5.96. The number of hydrogen-bond acceptors (Lipinski definition) is 4. The topological polar surface area (TPSA) is 41.1 Å². The predicted octanol–water partition coefficient (Wildman–Crippen LogP) is 3.65. The fourth-order valence-electron chi connectivity index (χ4n) is 2.26. The fourth-order valence-corrected chi connectivity index (χ4v) is 2.26. The Morgan fingerprint density at radius 1 is 1.10 bits per heavy atom. The van der Waals surface area contributed by atoms with E-state index in [2.05, 4.69) is 63.7 Å². The van der Waals surface area contributed by atoms with E-state index in [1.165, 1.54) is 0 Å². The molecule has 1 heterocycles. The van der Waals surface area contributed by atoms with Gasteiger partial charge in [-0.1, -0.05) is 20.8 Å². The van der Waals surface area contributed by atoms with Crippen LogP contribution in [-0.2, 0) is 6.42 Å². The minimum atomic E-state index is 0.435.